The van der Waals surface area contributed by atoms with Gasteiger partial charge in [0.05, 0.1) is 4.90 Å². The van der Waals surface area contributed by atoms with Crippen molar-refractivity contribution >= 4 is 16.9 Å². The van der Waals surface area contributed by atoms with Crippen LogP contribution in [0.2, 0.25) is 0 Å². The highest BCUT2D eigenvalue weighted by atomic mass is 32.2. The van der Waals surface area contributed by atoms with E-state index in [-0.39, 0.29) is 18.0 Å². The van der Waals surface area contributed by atoms with Gasteiger partial charge in [0.15, 0.2) is 0 Å². The lowest BCUT2D eigenvalue weighted by atomic mass is 9.98. The molecule has 1 amide bonds. The third-order valence-electron chi connectivity index (χ3n) is 5.33. The van der Waals surface area contributed by atoms with Gasteiger partial charge in [-0.3, -0.25) is 4.79 Å². The fourth-order valence-corrected chi connectivity index (χ4v) is 4.72. The molecule has 1 aliphatic heterocycles. The third kappa shape index (κ3) is 3.69. The van der Waals surface area contributed by atoms with Crippen LogP contribution in [0.15, 0.2) is 46.9 Å². The topological polar surface area (TPSA) is 40.6 Å². The van der Waals surface area contributed by atoms with Crippen molar-refractivity contribution in [2.45, 2.75) is 57.0 Å². The summed E-state index contributed by atoms with van der Waals surface area (Å²) in [5.41, 5.74) is 2.97. The number of carbonyl (C=O) groups is 1. The predicted molar refractivity (Wildman–Crippen MR) is 106 cm³/mol. The summed E-state index contributed by atoms with van der Waals surface area (Å²) in [7, 11) is 0.645. The van der Waals surface area contributed by atoms with Crippen LogP contribution in [0, 0.1) is 0 Å². The molecule has 1 aromatic carbocycles. The molecule has 0 saturated carbocycles. The number of amides is 1. The Morgan fingerprint density at radius 3 is 2.62 bits per heavy atom. The van der Waals surface area contributed by atoms with Crippen LogP contribution in [0.1, 0.15) is 49.5 Å². The molecule has 0 aromatic heterocycles. The van der Waals surface area contributed by atoms with Crippen molar-refractivity contribution in [3.05, 3.63) is 53.1 Å². The predicted octanol–water partition coefficient (Wildman–Crippen LogP) is 3.71. The Morgan fingerprint density at radius 2 is 1.96 bits per heavy atom. The minimum absolute atomic E-state index is 0.0813. The monoisotopic (exact) mass is 372 g/mol. The second-order valence-electron chi connectivity index (χ2n) is 7.32. The first kappa shape index (κ1) is 19.1. The van der Waals surface area contributed by atoms with Crippen molar-refractivity contribution in [3.63, 3.8) is 0 Å². The summed E-state index contributed by atoms with van der Waals surface area (Å²) in [4.78, 5) is 15.3. The van der Waals surface area contributed by atoms with Gasteiger partial charge in [-0.25, -0.2) is 8.51 Å². The molecule has 1 aromatic rings. The van der Waals surface area contributed by atoms with Gasteiger partial charge in [-0.15, -0.1) is 0 Å². The largest absolute Gasteiger partial charge is 0.336 e. The van der Waals surface area contributed by atoms with Crippen LogP contribution in [0.4, 0.5) is 0 Å². The maximum atomic E-state index is 13.1. The molecule has 140 valence electrons. The fourth-order valence-electron chi connectivity index (χ4n) is 3.55. The molecule has 2 aliphatic rings. The molecule has 3 rings (SSSR count). The maximum Gasteiger partial charge on any atom is 0.254 e. The van der Waals surface area contributed by atoms with Crippen LogP contribution in [0.3, 0.4) is 0 Å². The summed E-state index contributed by atoms with van der Waals surface area (Å²) < 4.78 is 15.0. The van der Waals surface area contributed by atoms with E-state index in [1.807, 2.05) is 48.3 Å². The lowest BCUT2D eigenvalue weighted by molar-refractivity contribution is 0.0688. The van der Waals surface area contributed by atoms with Gasteiger partial charge in [-0.1, -0.05) is 18.2 Å². The summed E-state index contributed by atoms with van der Waals surface area (Å²) >= 11 is 0. The van der Waals surface area contributed by atoms with Gasteiger partial charge >= 0.3 is 0 Å². The number of likely N-dealkylation sites (N-methyl/N-ethyl adjacent to an activating group) is 1. The summed E-state index contributed by atoms with van der Waals surface area (Å²) in [6.07, 6.45) is 9.47. The van der Waals surface area contributed by atoms with Crippen molar-refractivity contribution in [1.29, 1.82) is 0 Å². The van der Waals surface area contributed by atoms with Crippen LogP contribution in [0.5, 0.6) is 0 Å². The van der Waals surface area contributed by atoms with Crippen LogP contribution in [-0.4, -0.2) is 45.0 Å². The Bertz CT molecular complexity index is 782. The maximum absolute atomic E-state index is 13.1. The van der Waals surface area contributed by atoms with E-state index in [1.54, 1.807) is 0 Å². The Morgan fingerprint density at radius 1 is 1.19 bits per heavy atom. The lowest BCUT2D eigenvalue weighted by Gasteiger charge is -2.32. The Labute approximate surface area is 159 Å². The zero-order valence-electron chi connectivity index (χ0n) is 16.1. The molecule has 1 aliphatic carbocycles. The van der Waals surface area contributed by atoms with E-state index in [1.165, 1.54) is 5.57 Å². The number of allylic oxidation sites excluding steroid dienone is 2. The normalized spacial score (nSPS) is 19.5. The SMILES string of the molecule is CC(C)N1CCc2cc(S(=O)N(C)[C@@H](C)C3=CCCC=C3)ccc2C1=O. The van der Waals surface area contributed by atoms with E-state index >= 15 is 0 Å². The number of rotatable bonds is 5. The van der Waals surface area contributed by atoms with E-state index in [0.29, 0.717) is 0 Å². The van der Waals surface area contributed by atoms with Crippen LogP contribution < -0.4 is 0 Å². The molecular formula is C21H28N2O2S. The van der Waals surface area contributed by atoms with E-state index < -0.39 is 11.0 Å². The molecule has 2 atom stereocenters. The number of fused-ring (bicyclic) bond motifs is 1. The molecular weight excluding hydrogens is 344 g/mol. The lowest BCUT2D eigenvalue weighted by Crippen LogP contribution is -2.42. The first-order valence-corrected chi connectivity index (χ1v) is 10.5. The van der Waals surface area contributed by atoms with E-state index in [2.05, 4.69) is 25.2 Å². The quantitative estimate of drug-likeness (QED) is 0.790. The number of hydrogen-bond acceptors (Lipinski definition) is 2. The van der Waals surface area contributed by atoms with E-state index in [0.717, 1.165) is 41.8 Å². The van der Waals surface area contributed by atoms with Gasteiger partial charge in [0.1, 0.15) is 11.0 Å². The highest BCUT2D eigenvalue weighted by molar-refractivity contribution is 7.82. The van der Waals surface area contributed by atoms with E-state index in [4.69, 9.17) is 0 Å². The molecule has 0 fully saturated rings. The fraction of sp³-hybridized carbons (Fsp3) is 0.476. The molecule has 0 radical (unpaired) electrons. The Kier molecular flexibility index (Phi) is 5.78. The molecule has 5 heteroatoms. The summed E-state index contributed by atoms with van der Waals surface area (Å²) in [6, 6.07) is 5.92. The number of nitrogens with zero attached hydrogens (tertiary/aromatic N) is 2. The Hall–Kier alpha value is -1.72. The first-order valence-electron chi connectivity index (χ1n) is 9.35. The average molecular weight is 373 g/mol. The van der Waals surface area contributed by atoms with Crippen LogP contribution >= 0.6 is 0 Å². The van der Waals surface area contributed by atoms with Crippen LogP contribution in [0.25, 0.3) is 0 Å². The second-order valence-corrected chi connectivity index (χ2v) is 8.86. The Balaban J connectivity index is 1.80. The van der Waals surface area contributed by atoms with Gasteiger partial charge in [-0.05, 0) is 69.4 Å². The zero-order valence-corrected chi connectivity index (χ0v) is 16.9. The molecule has 4 nitrogen and oxygen atoms in total. The molecule has 0 saturated heterocycles. The highest BCUT2D eigenvalue weighted by Gasteiger charge is 2.27. The number of carbonyl (C=O) groups excluding carboxylic acids is 1. The van der Waals surface area contributed by atoms with Crippen LogP contribution in [-0.2, 0) is 17.4 Å². The van der Waals surface area contributed by atoms with Crippen molar-refractivity contribution in [2.75, 3.05) is 13.6 Å². The summed E-state index contributed by atoms with van der Waals surface area (Å²) in [6.45, 7) is 6.89. The van der Waals surface area contributed by atoms with Gasteiger partial charge in [-0.2, -0.15) is 0 Å². The van der Waals surface area contributed by atoms with Crippen molar-refractivity contribution in [2.24, 2.45) is 0 Å². The number of hydrogen-bond donors (Lipinski definition) is 0. The minimum atomic E-state index is -1.25. The molecule has 26 heavy (non-hydrogen) atoms. The van der Waals surface area contributed by atoms with Gasteiger partial charge < -0.3 is 4.90 Å². The molecule has 1 heterocycles. The number of benzene rings is 1. The first-order chi connectivity index (χ1) is 12.4. The summed E-state index contributed by atoms with van der Waals surface area (Å²) in [5.74, 6) is 0.0813. The average Bonchev–Trinajstić information content (AvgIpc) is 2.66. The molecule has 0 spiro atoms. The van der Waals surface area contributed by atoms with Gasteiger partial charge in [0.25, 0.3) is 5.91 Å². The van der Waals surface area contributed by atoms with Crippen molar-refractivity contribution < 1.29 is 9.00 Å². The van der Waals surface area contributed by atoms with E-state index in [9.17, 15) is 9.00 Å². The van der Waals surface area contributed by atoms with Crippen molar-refractivity contribution in [1.82, 2.24) is 9.21 Å². The standard InChI is InChI=1S/C21H28N2O2S/c1-15(2)23-13-12-18-14-19(10-11-20(18)21(23)24)26(25)22(4)16(3)17-8-6-5-7-9-17/h6,8-11,14-16H,5,7,12-13H2,1-4H3/t16-,26?/m0/s1. The highest BCUT2D eigenvalue weighted by Crippen LogP contribution is 2.25. The zero-order chi connectivity index (χ0) is 18.8. The molecule has 0 bridgehead atoms. The molecule has 0 N–H and O–H groups in total. The minimum Gasteiger partial charge on any atom is -0.336 e. The smallest absolute Gasteiger partial charge is 0.254 e. The third-order valence-corrected chi connectivity index (χ3v) is 6.82. The molecule has 1 unspecified atom stereocenters. The summed E-state index contributed by atoms with van der Waals surface area (Å²) in [5, 5.41) is 0. The van der Waals surface area contributed by atoms with Gasteiger partial charge in [0.2, 0.25) is 0 Å². The second kappa shape index (κ2) is 7.89. The van der Waals surface area contributed by atoms with Gasteiger partial charge in [0, 0.05) is 31.2 Å². The van der Waals surface area contributed by atoms with Crippen molar-refractivity contribution in [3.8, 4) is 0 Å².